The van der Waals surface area contributed by atoms with Crippen molar-refractivity contribution in [2.75, 3.05) is 4.90 Å². The van der Waals surface area contributed by atoms with Gasteiger partial charge in [0.15, 0.2) is 0 Å². The molecule has 0 radical (unpaired) electrons. The first-order valence-electron chi connectivity index (χ1n) is 21.1. The Morgan fingerprint density at radius 2 is 0.726 bits per heavy atom. The molecular weight excluding hydrogens is 751 g/mol. The van der Waals surface area contributed by atoms with Crippen LogP contribution in [-0.2, 0) is 0 Å². The third-order valence-electron chi connectivity index (χ3n) is 11.8. The highest BCUT2D eigenvalue weighted by molar-refractivity contribution is 6.14. The fraction of sp³-hybridized carbons (Fsp3) is 0. The van der Waals surface area contributed by atoms with Gasteiger partial charge in [0.25, 0.3) is 0 Å². The third kappa shape index (κ3) is 6.92. The zero-order valence-corrected chi connectivity index (χ0v) is 34.0. The number of hydrogen-bond acceptors (Lipinski definition) is 2. The minimum absolute atomic E-state index is 0.925. The smallest absolute Gasteiger partial charge is 0.0971 e. The van der Waals surface area contributed by atoms with Crippen molar-refractivity contribution in [1.29, 1.82) is 0 Å². The van der Waals surface area contributed by atoms with Crippen LogP contribution in [0.3, 0.4) is 0 Å². The van der Waals surface area contributed by atoms with Crippen molar-refractivity contribution in [2.24, 2.45) is 0 Å². The summed E-state index contributed by atoms with van der Waals surface area (Å²) < 4.78 is 2.38. The van der Waals surface area contributed by atoms with E-state index in [1.54, 1.807) is 0 Å². The molecule has 0 spiro atoms. The minimum Gasteiger partial charge on any atom is -0.311 e. The van der Waals surface area contributed by atoms with Crippen LogP contribution in [0.25, 0.3) is 83.4 Å². The topological polar surface area (TPSA) is 21.1 Å². The van der Waals surface area contributed by atoms with E-state index in [-0.39, 0.29) is 0 Å². The molecule has 292 valence electrons. The molecule has 0 atom stereocenters. The Kier molecular flexibility index (Phi) is 9.53. The van der Waals surface area contributed by atoms with Gasteiger partial charge in [-0.25, -0.2) is 4.98 Å². The fourth-order valence-electron chi connectivity index (χ4n) is 8.74. The highest BCUT2D eigenvalue weighted by Gasteiger charge is 2.21. The van der Waals surface area contributed by atoms with Crippen LogP contribution in [0.2, 0.25) is 0 Å². The van der Waals surface area contributed by atoms with Crippen LogP contribution in [0, 0.1) is 0 Å². The number of anilines is 3. The molecule has 0 fully saturated rings. The summed E-state index contributed by atoms with van der Waals surface area (Å²) >= 11 is 0. The summed E-state index contributed by atoms with van der Waals surface area (Å²) in [5, 5.41) is 1.12. The predicted molar refractivity (Wildman–Crippen MR) is 260 cm³/mol. The van der Waals surface area contributed by atoms with Gasteiger partial charge in [-0.1, -0.05) is 176 Å². The molecule has 0 aliphatic rings. The SMILES string of the molecule is c1ccc(-c2ccc(N(c3ccc(-c4ccccc4)cc3)c3ccc(-c4ccc5c(n4)c4cc(-c6ccccc6)cc(-c6ccccc6)c4n5-c4ccccc4)cc3)cc2)cc1. The van der Waals surface area contributed by atoms with Gasteiger partial charge < -0.3 is 9.47 Å². The number of rotatable bonds is 9. The third-order valence-corrected chi connectivity index (χ3v) is 11.8. The van der Waals surface area contributed by atoms with E-state index < -0.39 is 0 Å². The Bertz CT molecular complexity index is 3190. The van der Waals surface area contributed by atoms with E-state index in [0.717, 1.165) is 61.5 Å². The highest BCUT2D eigenvalue weighted by Crippen LogP contribution is 2.42. The second kappa shape index (κ2) is 16.1. The van der Waals surface area contributed by atoms with Gasteiger partial charge in [0.05, 0.1) is 22.2 Å². The second-order valence-corrected chi connectivity index (χ2v) is 15.6. The molecule has 11 rings (SSSR count). The van der Waals surface area contributed by atoms with Gasteiger partial charge in [0, 0.05) is 39.3 Å². The number of fused-ring (bicyclic) bond motifs is 3. The van der Waals surface area contributed by atoms with Gasteiger partial charge in [0.2, 0.25) is 0 Å². The Labute approximate surface area is 362 Å². The van der Waals surface area contributed by atoms with E-state index in [4.69, 9.17) is 4.98 Å². The second-order valence-electron chi connectivity index (χ2n) is 15.6. The molecule has 0 bridgehead atoms. The molecule has 0 saturated heterocycles. The molecule has 0 saturated carbocycles. The van der Waals surface area contributed by atoms with Crippen molar-refractivity contribution in [3.63, 3.8) is 0 Å². The number of nitrogens with zero attached hydrogens (tertiary/aromatic N) is 3. The van der Waals surface area contributed by atoms with Crippen molar-refractivity contribution in [3.05, 3.63) is 249 Å². The lowest BCUT2D eigenvalue weighted by molar-refractivity contribution is 1.18. The van der Waals surface area contributed by atoms with E-state index in [2.05, 4.69) is 258 Å². The Morgan fingerprint density at radius 1 is 0.323 bits per heavy atom. The highest BCUT2D eigenvalue weighted by atomic mass is 15.1. The van der Waals surface area contributed by atoms with Gasteiger partial charge in [-0.3, -0.25) is 0 Å². The molecule has 3 heteroatoms. The number of pyridine rings is 1. The maximum atomic E-state index is 5.52. The van der Waals surface area contributed by atoms with E-state index in [9.17, 15) is 0 Å². The molecule has 2 heterocycles. The molecule has 0 unspecified atom stereocenters. The first-order valence-corrected chi connectivity index (χ1v) is 21.1. The van der Waals surface area contributed by atoms with Crippen molar-refractivity contribution in [1.82, 2.24) is 9.55 Å². The number of hydrogen-bond donors (Lipinski definition) is 0. The van der Waals surface area contributed by atoms with Crippen LogP contribution in [0.1, 0.15) is 0 Å². The van der Waals surface area contributed by atoms with Crippen LogP contribution in [0.15, 0.2) is 249 Å². The molecule has 62 heavy (non-hydrogen) atoms. The molecule has 3 nitrogen and oxygen atoms in total. The average Bonchev–Trinajstić information content (AvgIpc) is 3.69. The first-order chi connectivity index (χ1) is 30.7. The molecule has 0 aliphatic carbocycles. The van der Waals surface area contributed by atoms with Gasteiger partial charge in [-0.05, 0) is 112 Å². The monoisotopic (exact) mass is 791 g/mol. The summed E-state index contributed by atoms with van der Waals surface area (Å²) in [6.45, 7) is 0. The lowest BCUT2D eigenvalue weighted by Crippen LogP contribution is -2.09. The van der Waals surface area contributed by atoms with E-state index in [1.807, 2.05) is 0 Å². The molecule has 9 aromatic carbocycles. The Morgan fingerprint density at radius 3 is 1.21 bits per heavy atom. The summed E-state index contributed by atoms with van der Waals surface area (Å²) in [4.78, 5) is 7.85. The standard InChI is InChI=1S/C59H41N3/c1-6-16-42(17-7-1)45-26-32-51(33-27-45)61(52-34-28-46(29-35-52)43-18-8-2-9-19-43)53-36-30-48(31-37-53)56-38-39-57-58(60-56)55-41-49(44-20-10-3-11-21-44)40-54(47-22-12-4-13-23-47)59(55)62(57)50-24-14-5-15-25-50/h1-41H. The van der Waals surface area contributed by atoms with E-state index in [1.165, 1.54) is 38.9 Å². The quantitative estimate of drug-likeness (QED) is 0.145. The van der Waals surface area contributed by atoms with Gasteiger partial charge in [0.1, 0.15) is 0 Å². The van der Waals surface area contributed by atoms with Crippen molar-refractivity contribution in [2.45, 2.75) is 0 Å². The maximum Gasteiger partial charge on any atom is 0.0971 e. The molecule has 0 aliphatic heterocycles. The first kappa shape index (κ1) is 36.8. The molecule has 2 aromatic heterocycles. The van der Waals surface area contributed by atoms with Crippen molar-refractivity contribution >= 4 is 39.0 Å². The Balaban J connectivity index is 1.04. The van der Waals surface area contributed by atoms with E-state index >= 15 is 0 Å². The van der Waals surface area contributed by atoms with E-state index in [0.29, 0.717) is 0 Å². The zero-order chi connectivity index (χ0) is 41.2. The molecule has 0 N–H and O–H groups in total. The van der Waals surface area contributed by atoms with Crippen LogP contribution in [-0.4, -0.2) is 9.55 Å². The van der Waals surface area contributed by atoms with Crippen molar-refractivity contribution < 1.29 is 0 Å². The normalized spacial score (nSPS) is 11.2. The molecular formula is C59H41N3. The van der Waals surface area contributed by atoms with Crippen LogP contribution >= 0.6 is 0 Å². The van der Waals surface area contributed by atoms with Gasteiger partial charge in [-0.2, -0.15) is 0 Å². The fourth-order valence-corrected chi connectivity index (χ4v) is 8.74. The molecule has 0 amide bonds. The lowest BCUT2D eigenvalue weighted by Gasteiger charge is -2.26. The minimum atomic E-state index is 0.925. The number of para-hydroxylation sites is 1. The van der Waals surface area contributed by atoms with Gasteiger partial charge in [-0.15, -0.1) is 0 Å². The summed E-state index contributed by atoms with van der Waals surface area (Å²) in [5.41, 5.74) is 18.9. The van der Waals surface area contributed by atoms with Gasteiger partial charge >= 0.3 is 0 Å². The summed E-state index contributed by atoms with van der Waals surface area (Å²) in [6, 6.07) is 88.7. The van der Waals surface area contributed by atoms with Crippen LogP contribution in [0.5, 0.6) is 0 Å². The number of benzene rings is 9. The summed E-state index contributed by atoms with van der Waals surface area (Å²) in [5.74, 6) is 0. The van der Waals surface area contributed by atoms with Crippen LogP contribution in [0.4, 0.5) is 17.1 Å². The maximum absolute atomic E-state index is 5.52. The molecule has 11 aromatic rings. The number of aromatic nitrogens is 2. The summed E-state index contributed by atoms with van der Waals surface area (Å²) in [6.07, 6.45) is 0. The van der Waals surface area contributed by atoms with Crippen LogP contribution < -0.4 is 4.90 Å². The lowest BCUT2D eigenvalue weighted by atomic mass is 9.96. The average molecular weight is 792 g/mol. The predicted octanol–water partition coefficient (Wildman–Crippen LogP) is 16.0. The zero-order valence-electron chi connectivity index (χ0n) is 34.0. The summed E-state index contributed by atoms with van der Waals surface area (Å²) in [7, 11) is 0. The largest absolute Gasteiger partial charge is 0.311 e. The van der Waals surface area contributed by atoms with Crippen molar-refractivity contribution in [3.8, 4) is 61.5 Å². The Hall–Kier alpha value is -8.27.